The fourth-order valence-corrected chi connectivity index (χ4v) is 1.90. The normalized spacial score (nSPS) is 22.7. The van der Waals surface area contributed by atoms with Crippen LogP contribution >= 0.6 is 15.9 Å². The van der Waals surface area contributed by atoms with Crippen LogP contribution in [0.15, 0.2) is 22.8 Å². The number of amides is 1. The lowest BCUT2D eigenvalue weighted by molar-refractivity contribution is -0.150. The Bertz CT molecular complexity index is 463. The van der Waals surface area contributed by atoms with Crippen molar-refractivity contribution in [1.29, 1.82) is 0 Å². The number of anilines is 1. The van der Waals surface area contributed by atoms with Gasteiger partial charge in [0.25, 0.3) is 5.91 Å². The zero-order valence-electron chi connectivity index (χ0n) is 9.30. The third kappa shape index (κ3) is 3.05. The van der Waals surface area contributed by atoms with Crippen LogP contribution in [0.1, 0.15) is 12.8 Å². The number of rotatable bonds is 3. The summed E-state index contributed by atoms with van der Waals surface area (Å²) in [4.78, 5) is 26.5. The van der Waals surface area contributed by atoms with Gasteiger partial charge in [0.15, 0.2) is 6.10 Å². The Morgan fingerprint density at radius 1 is 1.39 bits per heavy atom. The molecule has 0 aliphatic carbocycles. The smallest absolute Gasteiger partial charge is 0.332 e. The average Bonchev–Trinajstić information content (AvgIpc) is 2.81. The molecule has 0 aromatic carbocycles. The molecule has 1 aromatic heterocycles. The van der Waals surface area contributed by atoms with Crippen LogP contribution in [0, 0.1) is 0 Å². The Kier molecular flexibility index (Phi) is 3.93. The van der Waals surface area contributed by atoms with E-state index in [4.69, 9.17) is 9.84 Å². The van der Waals surface area contributed by atoms with Crippen molar-refractivity contribution in [3.8, 4) is 0 Å². The minimum Gasteiger partial charge on any atom is -0.479 e. The summed E-state index contributed by atoms with van der Waals surface area (Å²) in [6, 6.07) is 3.39. The van der Waals surface area contributed by atoms with E-state index in [9.17, 15) is 9.59 Å². The van der Waals surface area contributed by atoms with Crippen molar-refractivity contribution < 1.29 is 19.4 Å². The van der Waals surface area contributed by atoms with Gasteiger partial charge in [-0.15, -0.1) is 0 Å². The summed E-state index contributed by atoms with van der Waals surface area (Å²) in [7, 11) is 0. The molecule has 0 radical (unpaired) electrons. The van der Waals surface area contributed by atoms with Gasteiger partial charge in [0.2, 0.25) is 0 Å². The summed E-state index contributed by atoms with van der Waals surface area (Å²) in [5, 5.41) is 11.3. The Labute approximate surface area is 111 Å². The number of hydrogen-bond acceptors (Lipinski definition) is 4. The maximum Gasteiger partial charge on any atom is 0.332 e. The van der Waals surface area contributed by atoms with E-state index in [-0.39, 0.29) is 5.91 Å². The van der Waals surface area contributed by atoms with E-state index < -0.39 is 18.2 Å². The van der Waals surface area contributed by atoms with Gasteiger partial charge in [-0.3, -0.25) is 4.79 Å². The molecule has 0 spiro atoms. The number of nitrogens with one attached hydrogen (secondary N) is 1. The molecule has 7 heteroatoms. The van der Waals surface area contributed by atoms with Gasteiger partial charge >= 0.3 is 5.97 Å². The first kappa shape index (κ1) is 13.0. The van der Waals surface area contributed by atoms with Gasteiger partial charge in [-0.25, -0.2) is 9.78 Å². The van der Waals surface area contributed by atoms with Gasteiger partial charge in [-0.1, -0.05) is 0 Å². The largest absolute Gasteiger partial charge is 0.479 e. The lowest BCUT2D eigenvalue weighted by atomic mass is 10.2. The summed E-state index contributed by atoms with van der Waals surface area (Å²) in [6.45, 7) is 0. The minimum absolute atomic E-state index is 0.348. The van der Waals surface area contributed by atoms with Crippen molar-refractivity contribution in [3.05, 3.63) is 22.8 Å². The summed E-state index contributed by atoms with van der Waals surface area (Å²) in [6.07, 6.45) is 0.696. The summed E-state index contributed by atoms with van der Waals surface area (Å²) < 4.78 is 5.94. The highest BCUT2D eigenvalue weighted by molar-refractivity contribution is 9.10. The predicted molar refractivity (Wildman–Crippen MR) is 66.1 cm³/mol. The number of carbonyl (C=O) groups is 2. The third-order valence-electron chi connectivity index (χ3n) is 2.57. The highest BCUT2D eigenvalue weighted by atomic mass is 79.9. The van der Waals surface area contributed by atoms with Crippen LogP contribution in [-0.2, 0) is 14.3 Å². The number of halogens is 1. The second kappa shape index (κ2) is 5.45. The standard InChI is InChI=1S/C11H11BrN2O4/c12-6-1-4-9(13-5-6)14-10(15)7-2-3-8(18-7)11(16)17/h1,4-5,7-8H,2-3H2,(H,16,17)(H,13,14,15)/t7-,8+/m0/s1. The van der Waals surface area contributed by atoms with Crippen molar-refractivity contribution in [2.24, 2.45) is 0 Å². The molecule has 0 saturated carbocycles. The second-order valence-corrected chi connectivity index (χ2v) is 4.80. The van der Waals surface area contributed by atoms with Crippen LogP contribution in [0.5, 0.6) is 0 Å². The first-order valence-corrected chi connectivity index (χ1v) is 6.16. The number of nitrogens with zero attached hydrogens (tertiary/aromatic N) is 1. The van der Waals surface area contributed by atoms with Gasteiger partial charge in [0.05, 0.1) is 0 Å². The Hall–Kier alpha value is -1.47. The lowest BCUT2D eigenvalue weighted by Gasteiger charge is -2.11. The zero-order valence-corrected chi connectivity index (χ0v) is 10.9. The monoisotopic (exact) mass is 314 g/mol. The molecule has 1 aliphatic heterocycles. The number of aliphatic carboxylic acids is 1. The van der Waals surface area contributed by atoms with Crippen molar-refractivity contribution >= 4 is 33.6 Å². The molecule has 2 atom stereocenters. The highest BCUT2D eigenvalue weighted by Crippen LogP contribution is 2.21. The topological polar surface area (TPSA) is 88.5 Å². The SMILES string of the molecule is O=C(Nc1ccc(Br)cn1)[C@@H]1CC[C@H](C(=O)O)O1. The molecule has 1 fully saturated rings. The van der Waals surface area contributed by atoms with Crippen LogP contribution in [0.25, 0.3) is 0 Å². The summed E-state index contributed by atoms with van der Waals surface area (Å²) in [5.41, 5.74) is 0. The Balaban J connectivity index is 1.93. The maximum atomic E-state index is 11.8. The maximum absolute atomic E-state index is 11.8. The van der Waals surface area contributed by atoms with Gasteiger partial charge in [0, 0.05) is 10.7 Å². The third-order valence-corrected chi connectivity index (χ3v) is 3.04. The quantitative estimate of drug-likeness (QED) is 0.880. The van der Waals surface area contributed by atoms with Crippen molar-refractivity contribution in [1.82, 2.24) is 4.98 Å². The number of hydrogen-bond donors (Lipinski definition) is 2. The molecule has 1 aromatic rings. The molecule has 1 saturated heterocycles. The van der Waals surface area contributed by atoms with Crippen molar-refractivity contribution in [2.45, 2.75) is 25.0 Å². The fraction of sp³-hybridized carbons (Fsp3) is 0.364. The number of carboxylic acid groups (broad SMARTS) is 1. The van der Waals surface area contributed by atoms with E-state index >= 15 is 0 Å². The fourth-order valence-electron chi connectivity index (χ4n) is 1.67. The lowest BCUT2D eigenvalue weighted by Crippen LogP contribution is -2.30. The zero-order chi connectivity index (χ0) is 13.1. The van der Waals surface area contributed by atoms with Crippen molar-refractivity contribution in [3.63, 3.8) is 0 Å². The molecule has 0 unspecified atom stereocenters. The molecule has 1 aliphatic rings. The number of carboxylic acids is 1. The van der Waals surface area contributed by atoms with Crippen molar-refractivity contribution in [2.75, 3.05) is 5.32 Å². The number of ether oxygens (including phenoxy) is 1. The van der Waals surface area contributed by atoms with Gasteiger partial charge in [0.1, 0.15) is 11.9 Å². The summed E-state index contributed by atoms with van der Waals surface area (Å²) in [5.74, 6) is -0.994. The van der Waals surface area contributed by atoms with Gasteiger partial charge in [-0.2, -0.15) is 0 Å². The number of aromatic nitrogens is 1. The van der Waals surface area contributed by atoms with Gasteiger partial charge in [-0.05, 0) is 40.9 Å². The molecule has 96 valence electrons. The van der Waals surface area contributed by atoms with Crippen LogP contribution in [-0.4, -0.2) is 34.2 Å². The molecular formula is C11H11BrN2O4. The van der Waals surface area contributed by atoms with Crippen LogP contribution in [0.4, 0.5) is 5.82 Å². The first-order chi connectivity index (χ1) is 8.56. The Morgan fingerprint density at radius 3 is 2.67 bits per heavy atom. The molecule has 1 amide bonds. The summed E-state index contributed by atoms with van der Waals surface area (Å²) >= 11 is 3.24. The van der Waals surface area contributed by atoms with E-state index in [1.807, 2.05) is 0 Å². The first-order valence-electron chi connectivity index (χ1n) is 5.37. The van der Waals surface area contributed by atoms with E-state index in [0.717, 1.165) is 4.47 Å². The van der Waals surface area contributed by atoms with Crippen LogP contribution < -0.4 is 5.32 Å². The molecule has 6 nitrogen and oxygen atoms in total. The van der Waals surface area contributed by atoms with Crippen LogP contribution in [0.2, 0.25) is 0 Å². The van der Waals surface area contributed by atoms with E-state index in [1.165, 1.54) is 0 Å². The molecule has 2 N–H and O–H groups in total. The molecule has 18 heavy (non-hydrogen) atoms. The Morgan fingerprint density at radius 2 is 2.11 bits per heavy atom. The van der Waals surface area contributed by atoms with E-state index in [2.05, 4.69) is 26.2 Å². The number of carbonyl (C=O) groups excluding carboxylic acids is 1. The molecular weight excluding hydrogens is 304 g/mol. The minimum atomic E-state index is -1.04. The van der Waals surface area contributed by atoms with E-state index in [0.29, 0.717) is 18.7 Å². The van der Waals surface area contributed by atoms with E-state index in [1.54, 1.807) is 18.3 Å². The molecule has 0 bridgehead atoms. The van der Waals surface area contributed by atoms with Crippen LogP contribution in [0.3, 0.4) is 0 Å². The number of pyridine rings is 1. The average molecular weight is 315 g/mol. The predicted octanol–water partition coefficient (Wildman–Crippen LogP) is 1.41. The van der Waals surface area contributed by atoms with Gasteiger partial charge < -0.3 is 15.2 Å². The second-order valence-electron chi connectivity index (χ2n) is 3.88. The highest BCUT2D eigenvalue weighted by Gasteiger charge is 2.34. The molecule has 2 rings (SSSR count). The molecule has 2 heterocycles.